The molecule has 1 fully saturated rings. The van der Waals surface area contributed by atoms with E-state index in [9.17, 15) is 0 Å². The highest BCUT2D eigenvalue weighted by molar-refractivity contribution is 8.13. The predicted molar refractivity (Wildman–Crippen MR) is 43.1 cm³/mol. The van der Waals surface area contributed by atoms with Gasteiger partial charge < -0.3 is 4.90 Å². The maximum absolute atomic E-state index is 4.13. The van der Waals surface area contributed by atoms with Gasteiger partial charge in [-0.15, -0.1) is 0 Å². The van der Waals surface area contributed by atoms with Crippen LogP contribution >= 0.6 is 11.8 Å². The molecular formula is C6H12N2S. The standard InChI is InChI=1S/C6H12N2S/c1-7-6-8(2)4-3-5-9-6/h3-5H2,1-2H3. The Labute approximate surface area is 60.3 Å². The topological polar surface area (TPSA) is 15.6 Å². The molecule has 0 aromatic heterocycles. The van der Waals surface area contributed by atoms with E-state index in [1.807, 2.05) is 18.8 Å². The summed E-state index contributed by atoms with van der Waals surface area (Å²) in [6, 6.07) is 0. The van der Waals surface area contributed by atoms with E-state index in [4.69, 9.17) is 0 Å². The molecule has 0 aromatic carbocycles. The van der Waals surface area contributed by atoms with Crippen LogP contribution < -0.4 is 0 Å². The first-order valence-corrected chi connectivity index (χ1v) is 4.14. The molecule has 1 aliphatic heterocycles. The van der Waals surface area contributed by atoms with E-state index in [0.29, 0.717) is 0 Å². The normalized spacial score (nSPS) is 25.1. The van der Waals surface area contributed by atoms with E-state index in [2.05, 4.69) is 16.9 Å². The second-order valence-corrected chi connectivity index (χ2v) is 3.19. The predicted octanol–water partition coefficient (Wildman–Crippen LogP) is 1.04. The second kappa shape index (κ2) is 3.11. The fourth-order valence-corrected chi connectivity index (χ4v) is 1.80. The highest BCUT2D eigenvalue weighted by atomic mass is 32.2. The number of amidine groups is 1. The van der Waals surface area contributed by atoms with Crippen LogP contribution in [0.2, 0.25) is 0 Å². The van der Waals surface area contributed by atoms with Crippen LogP contribution in [0, 0.1) is 0 Å². The van der Waals surface area contributed by atoms with Gasteiger partial charge in [0, 0.05) is 26.4 Å². The Morgan fingerprint density at radius 3 is 2.89 bits per heavy atom. The minimum atomic E-state index is 1.17. The molecule has 0 bridgehead atoms. The quantitative estimate of drug-likeness (QED) is 0.505. The lowest BCUT2D eigenvalue weighted by Crippen LogP contribution is -2.29. The molecule has 0 unspecified atom stereocenters. The Bertz CT molecular complexity index is 122. The summed E-state index contributed by atoms with van der Waals surface area (Å²) in [5.41, 5.74) is 0. The van der Waals surface area contributed by atoms with Crippen LogP contribution in [0.4, 0.5) is 0 Å². The molecule has 3 heteroatoms. The summed E-state index contributed by atoms with van der Waals surface area (Å²) in [6.07, 6.45) is 1.29. The molecule has 0 N–H and O–H groups in total. The molecule has 0 amide bonds. The maximum Gasteiger partial charge on any atom is 0.158 e. The molecule has 9 heavy (non-hydrogen) atoms. The van der Waals surface area contributed by atoms with Gasteiger partial charge >= 0.3 is 0 Å². The van der Waals surface area contributed by atoms with Crippen molar-refractivity contribution in [3.05, 3.63) is 0 Å². The molecule has 0 radical (unpaired) electrons. The van der Waals surface area contributed by atoms with Crippen molar-refractivity contribution < 1.29 is 0 Å². The molecule has 0 aliphatic carbocycles. The highest BCUT2D eigenvalue weighted by Crippen LogP contribution is 2.14. The zero-order chi connectivity index (χ0) is 6.69. The molecule has 1 saturated heterocycles. The summed E-state index contributed by atoms with van der Waals surface area (Å²) in [7, 11) is 3.94. The fourth-order valence-electron chi connectivity index (χ4n) is 0.906. The Balaban J connectivity index is 2.49. The van der Waals surface area contributed by atoms with Gasteiger partial charge in [0.1, 0.15) is 0 Å². The van der Waals surface area contributed by atoms with Crippen LogP contribution in [0.5, 0.6) is 0 Å². The van der Waals surface area contributed by atoms with E-state index in [1.54, 1.807) is 0 Å². The molecule has 0 atom stereocenters. The lowest BCUT2D eigenvalue weighted by molar-refractivity contribution is 0.505. The van der Waals surface area contributed by atoms with Crippen LogP contribution in [-0.4, -0.2) is 36.5 Å². The Morgan fingerprint density at radius 2 is 2.44 bits per heavy atom. The lowest BCUT2D eigenvalue weighted by Gasteiger charge is -2.24. The van der Waals surface area contributed by atoms with Gasteiger partial charge in [-0.2, -0.15) is 0 Å². The van der Waals surface area contributed by atoms with Gasteiger partial charge in [-0.3, -0.25) is 4.99 Å². The van der Waals surface area contributed by atoms with E-state index < -0.39 is 0 Å². The second-order valence-electron chi connectivity index (χ2n) is 2.13. The molecule has 52 valence electrons. The van der Waals surface area contributed by atoms with Crippen molar-refractivity contribution in [3.63, 3.8) is 0 Å². The monoisotopic (exact) mass is 144 g/mol. The Kier molecular flexibility index (Phi) is 2.39. The van der Waals surface area contributed by atoms with Gasteiger partial charge in [-0.1, -0.05) is 11.8 Å². The number of hydrogen-bond acceptors (Lipinski definition) is 2. The molecule has 1 rings (SSSR count). The molecule has 1 aliphatic rings. The van der Waals surface area contributed by atoms with E-state index in [-0.39, 0.29) is 0 Å². The average Bonchev–Trinajstić information content (AvgIpc) is 1.89. The first-order valence-electron chi connectivity index (χ1n) is 3.15. The first-order chi connectivity index (χ1) is 4.34. The summed E-state index contributed by atoms with van der Waals surface area (Å²) in [5.74, 6) is 1.23. The van der Waals surface area contributed by atoms with Gasteiger partial charge in [-0.25, -0.2) is 0 Å². The largest absolute Gasteiger partial charge is 0.355 e. The average molecular weight is 144 g/mol. The SMILES string of the molecule is CN=C1SCCCN1C. The molecule has 2 nitrogen and oxygen atoms in total. The molecule has 0 spiro atoms. The molecular weight excluding hydrogens is 132 g/mol. The van der Waals surface area contributed by atoms with Gasteiger partial charge in [0.25, 0.3) is 0 Å². The van der Waals surface area contributed by atoms with Crippen molar-refractivity contribution in [2.75, 3.05) is 26.4 Å². The third-order valence-electron chi connectivity index (χ3n) is 1.39. The summed E-state index contributed by atoms with van der Waals surface area (Å²) >= 11 is 1.85. The van der Waals surface area contributed by atoms with Gasteiger partial charge in [0.15, 0.2) is 5.17 Å². The van der Waals surface area contributed by atoms with Gasteiger partial charge in [-0.05, 0) is 6.42 Å². The summed E-state index contributed by atoms with van der Waals surface area (Å²) < 4.78 is 0. The van der Waals surface area contributed by atoms with Crippen molar-refractivity contribution in [3.8, 4) is 0 Å². The summed E-state index contributed by atoms with van der Waals surface area (Å²) in [4.78, 5) is 6.34. The third-order valence-corrected chi connectivity index (χ3v) is 2.63. The first kappa shape index (κ1) is 6.93. The van der Waals surface area contributed by atoms with Gasteiger partial charge in [0.05, 0.1) is 0 Å². The van der Waals surface area contributed by atoms with Crippen LogP contribution in [0.3, 0.4) is 0 Å². The number of hydrogen-bond donors (Lipinski definition) is 0. The minimum Gasteiger partial charge on any atom is -0.355 e. The Morgan fingerprint density at radius 1 is 1.67 bits per heavy atom. The molecule has 0 saturated carbocycles. The van der Waals surface area contributed by atoms with Crippen molar-refractivity contribution in [1.29, 1.82) is 0 Å². The number of thioether (sulfide) groups is 1. The smallest absolute Gasteiger partial charge is 0.158 e. The summed E-state index contributed by atoms with van der Waals surface area (Å²) in [5, 5.41) is 1.18. The van der Waals surface area contributed by atoms with Crippen LogP contribution in [0.15, 0.2) is 4.99 Å². The molecule has 1 heterocycles. The van der Waals surface area contributed by atoms with Crippen LogP contribution in [-0.2, 0) is 0 Å². The van der Waals surface area contributed by atoms with Crippen molar-refractivity contribution in [2.24, 2.45) is 4.99 Å². The lowest BCUT2D eigenvalue weighted by atomic mass is 10.4. The van der Waals surface area contributed by atoms with Crippen molar-refractivity contribution in [1.82, 2.24) is 4.90 Å². The highest BCUT2D eigenvalue weighted by Gasteiger charge is 2.10. The van der Waals surface area contributed by atoms with Crippen LogP contribution in [0.1, 0.15) is 6.42 Å². The minimum absolute atomic E-state index is 1.17. The molecule has 0 aromatic rings. The van der Waals surface area contributed by atoms with Crippen LogP contribution in [0.25, 0.3) is 0 Å². The number of aliphatic imine (C=N–C) groups is 1. The fraction of sp³-hybridized carbons (Fsp3) is 0.833. The van der Waals surface area contributed by atoms with Gasteiger partial charge in [0.2, 0.25) is 0 Å². The number of rotatable bonds is 0. The summed E-state index contributed by atoms with van der Waals surface area (Å²) in [6.45, 7) is 1.17. The van der Waals surface area contributed by atoms with E-state index in [0.717, 1.165) is 0 Å². The Hall–Kier alpha value is -0.180. The third kappa shape index (κ3) is 1.61. The van der Waals surface area contributed by atoms with E-state index >= 15 is 0 Å². The maximum atomic E-state index is 4.13. The van der Waals surface area contributed by atoms with Crippen molar-refractivity contribution in [2.45, 2.75) is 6.42 Å². The van der Waals surface area contributed by atoms with E-state index in [1.165, 1.54) is 23.9 Å². The zero-order valence-electron chi connectivity index (χ0n) is 5.92. The van der Waals surface area contributed by atoms with Crippen molar-refractivity contribution >= 4 is 16.9 Å². The zero-order valence-corrected chi connectivity index (χ0v) is 6.74. The number of nitrogens with zero attached hydrogens (tertiary/aromatic N) is 2.